The van der Waals surface area contributed by atoms with E-state index in [0.717, 1.165) is 13.0 Å². The molecular weight excluding hydrogens is 408 g/mol. The number of carbonyl (C=O) groups is 4. The lowest BCUT2D eigenvalue weighted by atomic mass is 9.95. The molecule has 0 bridgehead atoms. The van der Waals surface area contributed by atoms with Gasteiger partial charge in [0, 0.05) is 5.75 Å². The average Bonchev–Trinajstić information content (AvgIpc) is 3.27. The van der Waals surface area contributed by atoms with Gasteiger partial charge in [-0.2, -0.15) is 12.6 Å². The minimum absolute atomic E-state index is 0.0732. The summed E-state index contributed by atoms with van der Waals surface area (Å²) in [5, 5.41) is 20.4. The summed E-state index contributed by atoms with van der Waals surface area (Å²) >= 11 is 4.17. The molecule has 9 nitrogen and oxygen atoms in total. The summed E-state index contributed by atoms with van der Waals surface area (Å²) in [7, 11) is 0. The number of carbonyl (C=O) groups excluding carboxylic acids is 3. The molecule has 10 heteroatoms. The van der Waals surface area contributed by atoms with Crippen LogP contribution < -0.4 is 21.3 Å². The van der Waals surface area contributed by atoms with Crippen LogP contribution in [0, 0.1) is 11.8 Å². The van der Waals surface area contributed by atoms with Crippen LogP contribution in [-0.2, 0) is 19.2 Å². The van der Waals surface area contributed by atoms with Gasteiger partial charge in [0.15, 0.2) is 0 Å². The van der Waals surface area contributed by atoms with Crippen LogP contribution in [0.1, 0.15) is 53.4 Å². The number of carboxylic acid groups (broad SMARTS) is 1. The zero-order chi connectivity index (χ0) is 22.8. The van der Waals surface area contributed by atoms with Gasteiger partial charge in [-0.15, -0.1) is 0 Å². The molecule has 30 heavy (non-hydrogen) atoms. The quantitative estimate of drug-likeness (QED) is 0.240. The van der Waals surface area contributed by atoms with Gasteiger partial charge in [0.25, 0.3) is 0 Å². The SMILES string of the molecule is CCC(C)C(NC(=O)C(NC(=O)C(CS)NC(=O)C1CCCN1)C(C)CC)C(=O)O. The number of amides is 3. The maximum Gasteiger partial charge on any atom is 0.326 e. The molecule has 0 aromatic heterocycles. The van der Waals surface area contributed by atoms with E-state index in [1.807, 2.05) is 13.8 Å². The molecule has 0 spiro atoms. The summed E-state index contributed by atoms with van der Waals surface area (Å²) in [5.41, 5.74) is 0. The van der Waals surface area contributed by atoms with Crippen molar-refractivity contribution < 1.29 is 24.3 Å². The highest BCUT2D eigenvalue weighted by Crippen LogP contribution is 2.13. The Labute approximate surface area is 183 Å². The zero-order valence-electron chi connectivity index (χ0n) is 18.2. The highest BCUT2D eigenvalue weighted by Gasteiger charge is 2.34. The Bertz CT molecular complexity index is 612. The molecule has 3 amide bonds. The first-order valence-electron chi connectivity index (χ1n) is 10.6. The molecule has 1 aliphatic rings. The van der Waals surface area contributed by atoms with E-state index in [0.29, 0.717) is 19.3 Å². The van der Waals surface area contributed by atoms with E-state index in [2.05, 4.69) is 33.9 Å². The minimum atomic E-state index is -1.11. The molecule has 6 atom stereocenters. The Morgan fingerprint density at radius 2 is 1.57 bits per heavy atom. The van der Waals surface area contributed by atoms with E-state index in [1.165, 1.54) is 0 Å². The minimum Gasteiger partial charge on any atom is -0.480 e. The second-order valence-corrected chi connectivity index (χ2v) is 8.34. The van der Waals surface area contributed by atoms with E-state index < -0.39 is 35.9 Å². The monoisotopic (exact) mass is 444 g/mol. The number of hydrogen-bond donors (Lipinski definition) is 6. The molecular formula is C20H36N4O5S. The number of aliphatic carboxylic acids is 1. The fraction of sp³-hybridized carbons (Fsp3) is 0.800. The molecule has 5 N–H and O–H groups in total. The van der Waals surface area contributed by atoms with E-state index >= 15 is 0 Å². The van der Waals surface area contributed by atoms with Gasteiger partial charge in [-0.3, -0.25) is 14.4 Å². The average molecular weight is 445 g/mol. The molecule has 6 unspecified atom stereocenters. The van der Waals surface area contributed by atoms with Crippen LogP contribution in [0.15, 0.2) is 0 Å². The summed E-state index contributed by atoms with van der Waals surface area (Å²) in [6.45, 7) is 8.04. The Morgan fingerprint density at radius 1 is 1.00 bits per heavy atom. The van der Waals surface area contributed by atoms with E-state index in [-0.39, 0.29) is 29.5 Å². The maximum absolute atomic E-state index is 12.9. The highest BCUT2D eigenvalue weighted by atomic mass is 32.1. The van der Waals surface area contributed by atoms with E-state index in [1.54, 1.807) is 13.8 Å². The van der Waals surface area contributed by atoms with Crippen molar-refractivity contribution in [1.82, 2.24) is 21.3 Å². The molecule has 0 saturated carbocycles. The first-order chi connectivity index (χ1) is 14.2. The third-order valence-corrected chi connectivity index (χ3v) is 6.13. The largest absolute Gasteiger partial charge is 0.480 e. The molecule has 172 valence electrons. The van der Waals surface area contributed by atoms with Crippen LogP contribution in [0.4, 0.5) is 0 Å². The highest BCUT2D eigenvalue weighted by molar-refractivity contribution is 7.80. The van der Waals surface area contributed by atoms with Gasteiger partial charge in [0.1, 0.15) is 18.1 Å². The Hall–Kier alpha value is -1.81. The Kier molecular flexibility index (Phi) is 11.2. The molecule has 0 aromatic rings. The third-order valence-electron chi connectivity index (χ3n) is 5.76. The predicted molar refractivity (Wildman–Crippen MR) is 117 cm³/mol. The van der Waals surface area contributed by atoms with Crippen LogP contribution >= 0.6 is 12.6 Å². The van der Waals surface area contributed by atoms with Crippen LogP contribution in [0.3, 0.4) is 0 Å². The molecule has 0 radical (unpaired) electrons. The van der Waals surface area contributed by atoms with Gasteiger partial charge in [0.05, 0.1) is 6.04 Å². The Morgan fingerprint density at radius 3 is 2.03 bits per heavy atom. The van der Waals surface area contributed by atoms with Crippen molar-refractivity contribution in [1.29, 1.82) is 0 Å². The van der Waals surface area contributed by atoms with Crippen molar-refractivity contribution in [2.24, 2.45) is 11.8 Å². The molecule has 0 aromatic carbocycles. The van der Waals surface area contributed by atoms with Crippen LogP contribution in [0.2, 0.25) is 0 Å². The lowest BCUT2D eigenvalue weighted by Gasteiger charge is -2.29. The number of thiol groups is 1. The fourth-order valence-corrected chi connectivity index (χ4v) is 3.51. The maximum atomic E-state index is 12.9. The molecule has 1 rings (SSSR count). The zero-order valence-corrected chi connectivity index (χ0v) is 19.1. The van der Waals surface area contributed by atoms with Crippen LogP contribution in [0.25, 0.3) is 0 Å². The van der Waals surface area contributed by atoms with Gasteiger partial charge >= 0.3 is 5.97 Å². The normalized spacial score (nSPS) is 21.0. The summed E-state index contributed by atoms with van der Waals surface area (Å²) < 4.78 is 0. The summed E-state index contributed by atoms with van der Waals surface area (Å²) in [6.07, 6.45) is 2.79. The second kappa shape index (κ2) is 12.8. The first kappa shape index (κ1) is 26.2. The number of hydrogen-bond acceptors (Lipinski definition) is 6. The van der Waals surface area contributed by atoms with Gasteiger partial charge in [-0.25, -0.2) is 4.79 Å². The lowest BCUT2D eigenvalue weighted by Crippen LogP contribution is -2.59. The molecule has 0 aliphatic carbocycles. The van der Waals surface area contributed by atoms with Crippen molar-refractivity contribution in [2.45, 2.75) is 77.5 Å². The smallest absolute Gasteiger partial charge is 0.326 e. The van der Waals surface area contributed by atoms with Crippen molar-refractivity contribution in [3.63, 3.8) is 0 Å². The van der Waals surface area contributed by atoms with Gasteiger partial charge in [-0.1, -0.05) is 40.5 Å². The van der Waals surface area contributed by atoms with E-state index in [9.17, 15) is 24.3 Å². The van der Waals surface area contributed by atoms with Crippen LogP contribution in [-0.4, -0.2) is 65.3 Å². The molecule has 1 saturated heterocycles. The third kappa shape index (κ3) is 7.46. The number of carboxylic acids is 1. The fourth-order valence-electron chi connectivity index (χ4n) is 3.26. The molecule has 1 fully saturated rings. The first-order valence-corrected chi connectivity index (χ1v) is 11.3. The number of nitrogens with one attached hydrogen (secondary N) is 4. The topological polar surface area (TPSA) is 137 Å². The lowest BCUT2D eigenvalue weighted by molar-refractivity contribution is -0.144. The predicted octanol–water partition coefficient (Wildman–Crippen LogP) is 0.299. The van der Waals surface area contributed by atoms with Crippen molar-refractivity contribution in [3.05, 3.63) is 0 Å². The standard InChI is InChI=1S/C20H36N4O5S/c1-5-11(3)15(19(27)24-16(20(28)29)12(4)6-2)23-18(26)14(10-30)22-17(25)13-8-7-9-21-13/h11-16,21,30H,5-10H2,1-4H3,(H,22,25)(H,23,26)(H,24,27)(H,28,29). The molecule has 1 aliphatic heterocycles. The Balaban J connectivity index is 2.85. The van der Waals surface area contributed by atoms with Gasteiger partial charge in [-0.05, 0) is 31.2 Å². The van der Waals surface area contributed by atoms with Crippen molar-refractivity contribution in [2.75, 3.05) is 12.3 Å². The number of rotatable bonds is 12. The van der Waals surface area contributed by atoms with Crippen molar-refractivity contribution >= 4 is 36.3 Å². The van der Waals surface area contributed by atoms with Crippen molar-refractivity contribution in [3.8, 4) is 0 Å². The van der Waals surface area contributed by atoms with Crippen LogP contribution in [0.5, 0.6) is 0 Å². The summed E-state index contributed by atoms with van der Waals surface area (Å²) in [4.78, 5) is 49.5. The summed E-state index contributed by atoms with van der Waals surface area (Å²) in [5.74, 6) is -2.87. The van der Waals surface area contributed by atoms with E-state index in [4.69, 9.17) is 0 Å². The second-order valence-electron chi connectivity index (χ2n) is 7.97. The molecule has 1 heterocycles. The summed E-state index contributed by atoms with van der Waals surface area (Å²) in [6, 6.07) is -3.19. The van der Waals surface area contributed by atoms with Gasteiger partial charge in [0.2, 0.25) is 17.7 Å². The van der Waals surface area contributed by atoms with Gasteiger partial charge < -0.3 is 26.4 Å².